The lowest BCUT2D eigenvalue weighted by Gasteiger charge is -2.16. The van der Waals surface area contributed by atoms with Gasteiger partial charge in [-0.05, 0) is 62.1 Å². The molecule has 0 N–H and O–H groups in total. The van der Waals surface area contributed by atoms with Crippen molar-refractivity contribution in [3.05, 3.63) is 87.7 Å². The van der Waals surface area contributed by atoms with Crippen molar-refractivity contribution >= 4 is 17.5 Å². The second kappa shape index (κ2) is 8.29. The zero-order chi connectivity index (χ0) is 20.4. The first kappa shape index (κ1) is 19.5. The molecular formula is C23H23ClN4O. The van der Waals surface area contributed by atoms with E-state index in [0.29, 0.717) is 18.8 Å². The fourth-order valence-electron chi connectivity index (χ4n) is 3.81. The fraction of sp³-hybridized carbons (Fsp3) is 0.304. The maximum absolute atomic E-state index is 12.7. The van der Waals surface area contributed by atoms with E-state index in [0.717, 1.165) is 34.9 Å². The maximum Gasteiger partial charge on any atom is 0.274 e. The van der Waals surface area contributed by atoms with Crippen molar-refractivity contribution in [1.29, 1.82) is 0 Å². The molecule has 148 valence electrons. The number of benzene rings is 1. The van der Waals surface area contributed by atoms with Gasteiger partial charge in [-0.15, -0.1) is 0 Å². The lowest BCUT2D eigenvalue weighted by Crippen LogP contribution is -2.29. The molecule has 3 heterocycles. The van der Waals surface area contributed by atoms with Crippen LogP contribution < -0.4 is 0 Å². The van der Waals surface area contributed by atoms with Crippen molar-refractivity contribution in [1.82, 2.24) is 19.9 Å². The standard InChI is InChI=1S/C23H23ClN4O/c1-15-8-18(9-17-4-3-5-20(24)10-17)11-21(27-15)19-6-7-28(14-19)23(29)22-13-25-16(2)12-26-22/h3-5,8,10-13,19H,6-7,9,14H2,1-2H3. The van der Waals surface area contributed by atoms with Gasteiger partial charge in [-0.25, -0.2) is 4.98 Å². The van der Waals surface area contributed by atoms with Crippen molar-refractivity contribution in [3.63, 3.8) is 0 Å². The summed E-state index contributed by atoms with van der Waals surface area (Å²) in [7, 11) is 0. The van der Waals surface area contributed by atoms with Crippen molar-refractivity contribution in [3.8, 4) is 0 Å². The molecule has 1 unspecified atom stereocenters. The van der Waals surface area contributed by atoms with Gasteiger partial charge in [-0.3, -0.25) is 14.8 Å². The largest absolute Gasteiger partial charge is 0.337 e. The average Bonchev–Trinajstić information content (AvgIpc) is 3.18. The van der Waals surface area contributed by atoms with Crippen LogP contribution in [0.4, 0.5) is 0 Å². The van der Waals surface area contributed by atoms with Crippen LogP contribution in [0.3, 0.4) is 0 Å². The van der Waals surface area contributed by atoms with Gasteiger partial charge in [0.2, 0.25) is 0 Å². The van der Waals surface area contributed by atoms with Crippen LogP contribution in [0.25, 0.3) is 0 Å². The van der Waals surface area contributed by atoms with Crippen LogP contribution in [-0.2, 0) is 6.42 Å². The summed E-state index contributed by atoms with van der Waals surface area (Å²) in [6, 6.07) is 12.2. The summed E-state index contributed by atoms with van der Waals surface area (Å²) in [5.41, 5.74) is 5.63. The molecule has 1 atom stereocenters. The van der Waals surface area contributed by atoms with E-state index in [2.05, 4.69) is 28.2 Å². The molecule has 1 amide bonds. The highest BCUT2D eigenvalue weighted by Gasteiger charge is 2.29. The van der Waals surface area contributed by atoms with Gasteiger partial charge in [0.05, 0.1) is 11.9 Å². The molecule has 5 nitrogen and oxygen atoms in total. The lowest BCUT2D eigenvalue weighted by molar-refractivity contribution is 0.0784. The number of carbonyl (C=O) groups is 1. The number of pyridine rings is 1. The second-order valence-corrected chi connectivity index (χ2v) is 8.06. The van der Waals surface area contributed by atoms with E-state index in [1.165, 1.54) is 11.1 Å². The smallest absolute Gasteiger partial charge is 0.274 e. The van der Waals surface area contributed by atoms with Crippen molar-refractivity contribution in [2.75, 3.05) is 13.1 Å². The summed E-state index contributed by atoms with van der Waals surface area (Å²) in [5, 5.41) is 0.748. The molecule has 0 saturated carbocycles. The zero-order valence-corrected chi connectivity index (χ0v) is 17.4. The number of hydrogen-bond donors (Lipinski definition) is 0. The van der Waals surface area contributed by atoms with Gasteiger partial charge in [-0.2, -0.15) is 0 Å². The average molecular weight is 407 g/mol. The van der Waals surface area contributed by atoms with Crippen LogP contribution in [0.15, 0.2) is 48.8 Å². The quantitative estimate of drug-likeness (QED) is 0.645. The van der Waals surface area contributed by atoms with Crippen LogP contribution in [0.1, 0.15) is 51.0 Å². The highest BCUT2D eigenvalue weighted by atomic mass is 35.5. The number of amides is 1. The first-order valence-electron chi connectivity index (χ1n) is 9.78. The lowest BCUT2D eigenvalue weighted by atomic mass is 9.98. The van der Waals surface area contributed by atoms with Crippen molar-refractivity contribution < 1.29 is 4.79 Å². The van der Waals surface area contributed by atoms with Crippen molar-refractivity contribution in [2.45, 2.75) is 32.6 Å². The zero-order valence-electron chi connectivity index (χ0n) is 16.6. The Hall–Kier alpha value is -2.79. The van der Waals surface area contributed by atoms with Crippen LogP contribution in [0.5, 0.6) is 0 Å². The van der Waals surface area contributed by atoms with Gasteiger partial charge < -0.3 is 4.90 Å². The molecule has 0 radical (unpaired) electrons. The van der Waals surface area contributed by atoms with E-state index in [-0.39, 0.29) is 11.8 Å². The van der Waals surface area contributed by atoms with E-state index < -0.39 is 0 Å². The Morgan fingerprint density at radius 3 is 2.72 bits per heavy atom. The third kappa shape index (κ3) is 4.62. The summed E-state index contributed by atoms with van der Waals surface area (Å²) in [6.45, 7) is 5.24. The molecule has 0 spiro atoms. The number of aryl methyl sites for hydroxylation is 2. The van der Waals surface area contributed by atoms with Gasteiger partial charge in [0.15, 0.2) is 0 Å². The normalized spacial score (nSPS) is 16.2. The van der Waals surface area contributed by atoms with Crippen LogP contribution in [0, 0.1) is 13.8 Å². The van der Waals surface area contributed by atoms with Gasteiger partial charge in [-0.1, -0.05) is 23.7 Å². The van der Waals surface area contributed by atoms with E-state index >= 15 is 0 Å². The predicted octanol–water partition coefficient (Wildman–Crippen LogP) is 4.36. The highest BCUT2D eigenvalue weighted by Crippen LogP contribution is 2.28. The second-order valence-electron chi connectivity index (χ2n) is 7.63. The van der Waals surface area contributed by atoms with Gasteiger partial charge in [0.1, 0.15) is 5.69 Å². The van der Waals surface area contributed by atoms with E-state index in [1.807, 2.05) is 36.9 Å². The molecule has 1 aromatic carbocycles. The molecule has 4 rings (SSSR count). The Morgan fingerprint density at radius 2 is 1.97 bits per heavy atom. The van der Waals surface area contributed by atoms with Gasteiger partial charge in [0.25, 0.3) is 5.91 Å². The van der Waals surface area contributed by atoms with Crippen LogP contribution in [0.2, 0.25) is 5.02 Å². The minimum atomic E-state index is -0.0631. The molecule has 3 aromatic rings. The number of carbonyl (C=O) groups excluding carboxylic acids is 1. The molecule has 1 aliphatic rings. The summed E-state index contributed by atoms with van der Waals surface area (Å²) >= 11 is 6.12. The number of nitrogens with zero attached hydrogens (tertiary/aromatic N) is 4. The number of hydrogen-bond acceptors (Lipinski definition) is 4. The molecule has 0 bridgehead atoms. The van der Waals surface area contributed by atoms with Gasteiger partial charge in [0, 0.05) is 41.6 Å². The Balaban J connectivity index is 1.49. The summed E-state index contributed by atoms with van der Waals surface area (Å²) < 4.78 is 0. The number of likely N-dealkylation sites (tertiary alicyclic amines) is 1. The summed E-state index contributed by atoms with van der Waals surface area (Å²) in [4.78, 5) is 27.8. The molecule has 6 heteroatoms. The molecule has 0 aliphatic carbocycles. The monoisotopic (exact) mass is 406 g/mol. The minimum absolute atomic E-state index is 0.0631. The number of aromatic nitrogens is 3. The molecule has 1 aliphatic heterocycles. The SMILES string of the molecule is Cc1cnc(C(=O)N2CCC(c3cc(Cc4cccc(Cl)c4)cc(C)n3)C2)cn1. The fourth-order valence-corrected chi connectivity index (χ4v) is 4.03. The van der Waals surface area contributed by atoms with E-state index in [9.17, 15) is 4.79 Å². The van der Waals surface area contributed by atoms with E-state index in [1.54, 1.807) is 12.4 Å². The molecular weight excluding hydrogens is 384 g/mol. The third-order valence-electron chi connectivity index (χ3n) is 5.22. The van der Waals surface area contributed by atoms with Crippen LogP contribution in [-0.4, -0.2) is 38.8 Å². The number of halogens is 1. The Labute approximate surface area is 175 Å². The molecule has 29 heavy (non-hydrogen) atoms. The topological polar surface area (TPSA) is 59.0 Å². The first-order chi connectivity index (χ1) is 14.0. The Morgan fingerprint density at radius 1 is 1.10 bits per heavy atom. The van der Waals surface area contributed by atoms with E-state index in [4.69, 9.17) is 16.6 Å². The summed E-state index contributed by atoms with van der Waals surface area (Å²) in [6.07, 6.45) is 4.90. The first-order valence-corrected chi connectivity index (χ1v) is 10.2. The number of rotatable bonds is 4. The van der Waals surface area contributed by atoms with Crippen molar-refractivity contribution in [2.24, 2.45) is 0 Å². The predicted molar refractivity (Wildman–Crippen MR) is 113 cm³/mol. The Kier molecular flexibility index (Phi) is 5.58. The molecule has 2 aromatic heterocycles. The summed E-state index contributed by atoms with van der Waals surface area (Å²) in [5.74, 6) is 0.169. The molecule has 1 saturated heterocycles. The maximum atomic E-state index is 12.7. The Bertz CT molecular complexity index is 1040. The van der Waals surface area contributed by atoms with Gasteiger partial charge >= 0.3 is 0 Å². The highest BCUT2D eigenvalue weighted by molar-refractivity contribution is 6.30. The minimum Gasteiger partial charge on any atom is -0.337 e. The molecule has 1 fully saturated rings. The van der Waals surface area contributed by atoms with Crippen LogP contribution >= 0.6 is 11.6 Å². The third-order valence-corrected chi connectivity index (χ3v) is 5.46.